The first-order valence-corrected chi connectivity index (χ1v) is 15.1. The number of fused-ring (bicyclic) bond motifs is 1. The third kappa shape index (κ3) is 8.64. The average molecular weight is 533 g/mol. The van der Waals surface area contributed by atoms with E-state index in [1.54, 1.807) is 6.92 Å². The van der Waals surface area contributed by atoms with E-state index >= 15 is 0 Å². The fourth-order valence-corrected chi connectivity index (χ4v) is 5.92. The van der Waals surface area contributed by atoms with Gasteiger partial charge in [-0.3, -0.25) is 19.4 Å². The third-order valence-corrected chi connectivity index (χ3v) is 8.24. The molecule has 0 aromatic heterocycles. The summed E-state index contributed by atoms with van der Waals surface area (Å²) >= 11 is 0. The lowest BCUT2D eigenvalue weighted by Gasteiger charge is -2.31. The summed E-state index contributed by atoms with van der Waals surface area (Å²) in [5.74, 6) is -0.0122. The highest BCUT2D eigenvalue weighted by Gasteiger charge is 2.21. The van der Waals surface area contributed by atoms with Gasteiger partial charge in [-0.15, -0.1) is 0 Å². The zero-order chi connectivity index (χ0) is 27.6. The average Bonchev–Trinajstić information content (AvgIpc) is 2.92. The van der Waals surface area contributed by atoms with Crippen LogP contribution in [0.3, 0.4) is 0 Å². The lowest BCUT2D eigenvalue weighted by molar-refractivity contribution is -0.116. The van der Waals surface area contributed by atoms with Gasteiger partial charge in [0, 0.05) is 50.4 Å². The summed E-state index contributed by atoms with van der Waals surface area (Å²) in [5.41, 5.74) is 5.07. The summed E-state index contributed by atoms with van der Waals surface area (Å²) in [6.45, 7) is 12.4. The molecule has 1 saturated heterocycles. The summed E-state index contributed by atoms with van der Waals surface area (Å²) in [7, 11) is 0. The van der Waals surface area contributed by atoms with Crippen LogP contribution >= 0.6 is 0 Å². The Morgan fingerprint density at radius 3 is 2.23 bits per heavy atom. The van der Waals surface area contributed by atoms with Crippen molar-refractivity contribution in [2.75, 3.05) is 31.1 Å². The van der Waals surface area contributed by atoms with Crippen LogP contribution in [0.1, 0.15) is 99.2 Å². The van der Waals surface area contributed by atoms with Crippen LogP contribution in [0.2, 0.25) is 0 Å². The first kappa shape index (κ1) is 29.3. The Labute approximate surface area is 235 Å². The van der Waals surface area contributed by atoms with Gasteiger partial charge in [0.15, 0.2) is 0 Å². The largest absolute Gasteiger partial charge is 0.348 e. The van der Waals surface area contributed by atoms with Crippen molar-refractivity contribution in [2.24, 2.45) is 0 Å². The molecule has 0 bridgehead atoms. The van der Waals surface area contributed by atoms with Gasteiger partial charge in [-0.05, 0) is 94.1 Å². The number of piperidine rings is 1. The Bertz CT molecular complexity index is 1090. The molecule has 6 nitrogen and oxygen atoms in total. The van der Waals surface area contributed by atoms with Crippen molar-refractivity contribution in [1.82, 2.24) is 15.1 Å². The second kappa shape index (κ2) is 14.6. The molecule has 2 aliphatic heterocycles. The maximum absolute atomic E-state index is 13.3. The van der Waals surface area contributed by atoms with Gasteiger partial charge in [-0.1, -0.05) is 49.9 Å². The van der Waals surface area contributed by atoms with E-state index in [0.29, 0.717) is 18.2 Å². The molecule has 1 N–H and O–H groups in total. The molecule has 2 aromatic rings. The predicted octanol–water partition coefficient (Wildman–Crippen LogP) is 6.13. The fourth-order valence-electron chi connectivity index (χ4n) is 5.92. The van der Waals surface area contributed by atoms with Crippen molar-refractivity contribution in [2.45, 2.75) is 97.8 Å². The second-order valence-electron chi connectivity index (χ2n) is 11.7. The molecule has 39 heavy (non-hydrogen) atoms. The highest BCUT2D eigenvalue weighted by Crippen LogP contribution is 2.27. The van der Waals surface area contributed by atoms with E-state index in [-0.39, 0.29) is 11.8 Å². The second-order valence-corrected chi connectivity index (χ2v) is 11.7. The number of nitrogens with one attached hydrogen (secondary N) is 1. The highest BCUT2D eigenvalue weighted by atomic mass is 16.2. The van der Waals surface area contributed by atoms with Crippen molar-refractivity contribution in [1.29, 1.82) is 0 Å². The van der Waals surface area contributed by atoms with Gasteiger partial charge in [0.25, 0.3) is 5.91 Å². The SMILES string of the molecule is CC(=O)N1CCCCCCCN(C(C)C)Cc2cc(C(=O)NCc3cccc(CN4CCCCC4)c3)ccc21. The minimum Gasteiger partial charge on any atom is -0.348 e. The van der Waals surface area contributed by atoms with E-state index in [9.17, 15) is 9.59 Å². The maximum atomic E-state index is 13.3. The normalized spacial score (nSPS) is 18.2. The smallest absolute Gasteiger partial charge is 0.251 e. The fraction of sp³-hybridized carbons (Fsp3) is 0.576. The summed E-state index contributed by atoms with van der Waals surface area (Å²) in [6, 6.07) is 14.8. The van der Waals surface area contributed by atoms with Crippen molar-refractivity contribution in [3.05, 3.63) is 64.7 Å². The quantitative estimate of drug-likeness (QED) is 0.486. The zero-order valence-corrected chi connectivity index (χ0v) is 24.4. The van der Waals surface area contributed by atoms with Crippen molar-refractivity contribution < 1.29 is 9.59 Å². The molecular weight excluding hydrogens is 484 g/mol. The minimum atomic E-state index is -0.0733. The molecule has 4 rings (SSSR count). The lowest BCUT2D eigenvalue weighted by Crippen LogP contribution is -2.35. The van der Waals surface area contributed by atoms with Crippen LogP contribution in [0.5, 0.6) is 0 Å². The van der Waals surface area contributed by atoms with E-state index in [0.717, 1.165) is 55.8 Å². The number of hydrogen-bond acceptors (Lipinski definition) is 4. The van der Waals surface area contributed by atoms with Gasteiger partial charge in [0.1, 0.15) is 0 Å². The molecule has 1 fully saturated rings. The summed E-state index contributed by atoms with van der Waals surface area (Å²) < 4.78 is 0. The first-order valence-electron chi connectivity index (χ1n) is 15.1. The lowest BCUT2D eigenvalue weighted by atomic mass is 10.0. The molecule has 2 amide bonds. The monoisotopic (exact) mass is 532 g/mol. The number of carbonyl (C=O) groups excluding carboxylic acids is 2. The van der Waals surface area contributed by atoms with Crippen molar-refractivity contribution in [3.8, 4) is 0 Å². The Morgan fingerprint density at radius 1 is 0.821 bits per heavy atom. The van der Waals surface area contributed by atoms with E-state index in [1.807, 2.05) is 23.1 Å². The molecular formula is C33H48N4O2. The Hall–Kier alpha value is -2.70. The molecule has 2 aromatic carbocycles. The molecule has 0 spiro atoms. The van der Waals surface area contributed by atoms with E-state index in [4.69, 9.17) is 0 Å². The van der Waals surface area contributed by atoms with Gasteiger partial charge < -0.3 is 10.2 Å². The summed E-state index contributed by atoms with van der Waals surface area (Å²) in [6.07, 6.45) is 9.68. The van der Waals surface area contributed by atoms with Crippen molar-refractivity contribution in [3.63, 3.8) is 0 Å². The predicted molar refractivity (Wildman–Crippen MR) is 160 cm³/mol. The number of rotatable bonds is 6. The number of carbonyl (C=O) groups is 2. The zero-order valence-electron chi connectivity index (χ0n) is 24.4. The van der Waals surface area contributed by atoms with Crippen LogP contribution in [0.25, 0.3) is 0 Å². The highest BCUT2D eigenvalue weighted by molar-refractivity contribution is 5.97. The topological polar surface area (TPSA) is 55.9 Å². The number of likely N-dealkylation sites (tertiary alicyclic amines) is 1. The number of hydrogen-bond donors (Lipinski definition) is 1. The van der Waals surface area contributed by atoms with Crippen LogP contribution in [-0.2, 0) is 24.4 Å². The van der Waals surface area contributed by atoms with E-state index in [2.05, 4.69) is 53.2 Å². The van der Waals surface area contributed by atoms with Gasteiger partial charge in [-0.2, -0.15) is 0 Å². The van der Waals surface area contributed by atoms with E-state index in [1.165, 1.54) is 57.2 Å². The molecule has 2 heterocycles. The Morgan fingerprint density at radius 2 is 1.49 bits per heavy atom. The Balaban J connectivity index is 1.49. The molecule has 0 aliphatic carbocycles. The van der Waals surface area contributed by atoms with Crippen LogP contribution in [0, 0.1) is 0 Å². The van der Waals surface area contributed by atoms with Gasteiger partial charge in [0.05, 0.1) is 0 Å². The third-order valence-electron chi connectivity index (χ3n) is 8.24. The molecule has 0 saturated carbocycles. The molecule has 2 aliphatic rings. The first-order chi connectivity index (χ1) is 18.9. The van der Waals surface area contributed by atoms with Crippen molar-refractivity contribution >= 4 is 17.5 Å². The Kier molecular flexibility index (Phi) is 11.0. The van der Waals surface area contributed by atoms with Gasteiger partial charge in [0.2, 0.25) is 5.91 Å². The standard InChI is InChI=1S/C33H48N4O2/c1-26(2)36-19-10-5-4-6-11-20-37(27(3)38)32-16-15-30(22-31(32)25-36)33(39)34-23-28-13-12-14-29(21-28)24-35-17-8-7-9-18-35/h12-16,21-22,26H,4-11,17-20,23-25H2,1-3H3,(H,34,39). The molecule has 0 radical (unpaired) electrons. The number of benzene rings is 2. The minimum absolute atomic E-state index is 0.0612. The molecule has 0 unspecified atom stereocenters. The summed E-state index contributed by atoms with van der Waals surface area (Å²) in [4.78, 5) is 32.9. The molecule has 6 heteroatoms. The van der Waals surface area contributed by atoms with Gasteiger partial charge >= 0.3 is 0 Å². The van der Waals surface area contributed by atoms with Crippen LogP contribution in [0.15, 0.2) is 42.5 Å². The number of amides is 2. The van der Waals surface area contributed by atoms with Crippen LogP contribution in [0.4, 0.5) is 5.69 Å². The van der Waals surface area contributed by atoms with Gasteiger partial charge in [-0.25, -0.2) is 0 Å². The van der Waals surface area contributed by atoms with Crippen LogP contribution < -0.4 is 10.2 Å². The maximum Gasteiger partial charge on any atom is 0.251 e. The van der Waals surface area contributed by atoms with E-state index < -0.39 is 0 Å². The molecule has 212 valence electrons. The number of nitrogens with zero attached hydrogens (tertiary/aromatic N) is 3. The molecule has 0 atom stereocenters. The van der Waals surface area contributed by atoms with Crippen LogP contribution in [-0.4, -0.2) is 53.8 Å². The number of anilines is 1. The summed E-state index contributed by atoms with van der Waals surface area (Å²) in [5, 5.41) is 3.14.